The van der Waals surface area contributed by atoms with Crippen molar-refractivity contribution in [2.24, 2.45) is 5.41 Å². The molecule has 2 aliphatic rings. The van der Waals surface area contributed by atoms with Gasteiger partial charge in [-0.3, -0.25) is 9.78 Å². The first-order valence-electron chi connectivity index (χ1n) is 10.6. The summed E-state index contributed by atoms with van der Waals surface area (Å²) in [5.74, 6) is -0.519. The van der Waals surface area contributed by atoms with Crippen LogP contribution in [0.5, 0.6) is 0 Å². The van der Waals surface area contributed by atoms with Crippen molar-refractivity contribution < 1.29 is 13.9 Å². The van der Waals surface area contributed by atoms with Crippen molar-refractivity contribution >= 4 is 22.5 Å². The molecule has 3 aromatic rings. The van der Waals surface area contributed by atoms with Crippen LogP contribution < -0.4 is 10.2 Å². The molecule has 1 aromatic carbocycles. The molecule has 1 N–H and O–H groups in total. The number of ether oxygens (including phenoxy) is 1. The Morgan fingerprint density at radius 1 is 1.19 bits per heavy atom. The van der Waals surface area contributed by atoms with Gasteiger partial charge in [-0.1, -0.05) is 24.3 Å². The number of anilines is 1. The molecule has 1 spiro atoms. The van der Waals surface area contributed by atoms with Gasteiger partial charge in [0.05, 0.1) is 5.56 Å². The normalized spacial score (nSPS) is 20.3. The Morgan fingerprint density at radius 3 is 2.84 bits per heavy atom. The highest BCUT2D eigenvalue weighted by atomic mass is 19.1. The van der Waals surface area contributed by atoms with Gasteiger partial charge in [0.25, 0.3) is 11.9 Å². The minimum absolute atomic E-state index is 0.0403. The van der Waals surface area contributed by atoms with Crippen molar-refractivity contribution in [1.29, 1.82) is 0 Å². The number of fused-ring (bicyclic) bond motifs is 1. The summed E-state index contributed by atoms with van der Waals surface area (Å²) < 4.78 is 20.0. The van der Waals surface area contributed by atoms with E-state index in [1.54, 1.807) is 12.4 Å². The third-order valence-corrected chi connectivity index (χ3v) is 6.49. The molecule has 4 heterocycles. The number of nitrogens with zero attached hydrogens (tertiary/aromatic N) is 4. The molecule has 0 aliphatic carbocycles. The number of halogens is 1. The maximum Gasteiger partial charge on any atom is 0.255 e. The predicted octanol–water partition coefficient (Wildman–Crippen LogP) is 2.97. The number of nitrogens with one attached hydrogen (secondary N) is 1. The molecule has 2 fully saturated rings. The van der Waals surface area contributed by atoms with E-state index in [4.69, 9.17) is 4.74 Å². The van der Waals surface area contributed by atoms with Crippen molar-refractivity contribution in [3.05, 3.63) is 60.6 Å². The molecule has 2 saturated heterocycles. The molecule has 7 nitrogen and oxygen atoms in total. The van der Waals surface area contributed by atoms with E-state index in [1.165, 1.54) is 12.4 Å². The van der Waals surface area contributed by atoms with Gasteiger partial charge in [0.15, 0.2) is 5.82 Å². The van der Waals surface area contributed by atoms with E-state index in [-0.39, 0.29) is 23.2 Å². The standard InChI is InChI=1S/C23H24FN5O2/c24-20-21(27-8-7-26-20)29-15-23(5-9-31-10-6-23)11-17(29)13-28-22(30)19-14-25-12-16-3-1-2-4-18(16)19/h1-4,7-8,12,14,17H,5-6,9-11,13,15H2,(H,28,30). The summed E-state index contributed by atoms with van der Waals surface area (Å²) in [6.07, 6.45) is 8.88. The summed E-state index contributed by atoms with van der Waals surface area (Å²) in [5.41, 5.74) is 0.576. The van der Waals surface area contributed by atoms with Gasteiger partial charge in [0.2, 0.25) is 0 Å². The van der Waals surface area contributed by atoms with E-state index in [2.05, 4.69) is 20.3 Å². The topological polar surface area (TPSA) is 80.2 Å². The Labute approximate surface area is 179 Å². The molecule has 5 rings (SSSR count). The first-order chi connectivity index (χ1) is 15.2. The van der Waals surface area contributed by atoms with Gasteiger partial charge in [-0.15, -0.1) is 0 Å². The maximum absolute atomic E-state index is 14.5. The van der Waals surface area contributed by atoms with Crippen molar-refractivity contribution in [3.63, 3.8) is 0 Å². The largest absolute Gasteiger partial charge is 0.381 e. The van der Waals surface area contributed by atoms with Crippen LogP contribution in [-0.2, 0) is 4.74 Å². The summed E-state index contributed by atoms with van der Waals surface area (Å²) >= 11 is 0. The SMILES string of the molecule is O=C(NCC1CC2(CCOCC2)CN1c1nccnc1F)c1cncc2ccccc12. The summed E-state index contributed by atoms with van der Waals surface area (Å²) in [6, 6.07) is 7.61. The molecule has 2 aliphatic heterocycles. The fourth-order valence-corrected chi connectivity index (χ4v) is 4.87. The van der Waals surface area contributed by atoms with E-state index >= 15 is 0 Å². The van der Waals surface area contributed by atoms with Crippen LogP contribution in [0, 0.1) is 11.4 Å². The second kappa shape index (κ2) is 8.19. The van der Waals surface area contributed by atoms with Crippen LogP contribution in [0.1, 0.15) is 29.6 Å². The zero-order valence-corrected chi connectivity index (χ0v) is 17.1. The van der Waals surface area contributed by atoms with Crippen LogP contribution in [0.15, 0.2) is 49.1 Å². The molecule has 1 unspecified atom stereocenters. The molecular formula is C23H24FN5O2. The lowest BCUT2D eigenvalue weighted by molar-refractivity contribution is 0.0239. The zero-order chi connectivity index (χ0) is 21.3. The Morgan fingerprint density at radius 2 is 2.00 bits per heavy atom. The molecule has 0 radical (unpaired) electrons. The number of pyridine rings is 1. The van der Waals surface area contributed by atoms with Gasteiger partial charge in [0, 0.05) is 62.5 Å². The number of hydrogen-bond donors (Lipinski definition) is 1. The number of hydrogen-bond acceptors (Lipinski definition) is 6. The van der Waals surface area contributed by atoms with Crippen LogP contribution >= 0.6 is 0 Å². The van der Waals surface area contributed by atoms with E-state index < -0.39 is 5.95 Å². The third kappa shape index (κ3) is 3.83. The smallest absolute Gasteiger partial charge is 0.255 e. The first kappa shape index (κ1) is 19.8. The molecule has 0 saturated carbocycles. The third-order valence-electron chi connectivity index (χ3n) is 6.49. The fourth-order valence-electron chi connectivity index (χ4n) is 4.87. The number of amides is 1. The van der Waals surface area contributed by atoms with Crippen LogP contribution in [0.3, 0.4) is 0 Å². The predicted molar refractivity (Wildman–Crippen MR) is 114 cm³/mol. The van der Waals surface area contributed by atoms with Gasteiger partial charge >= 0.3 is 0 Å². The van der Waals surface area contributed by atoms with Crippen LogP contribution in [-0.4, -0.2) is 53.2 Å². The molecule has 31 heavy (non-hydrogen) atoms. The minimum Gasteiger partial charge on any atom is -0.381 e. The Bertz CT molecular complexity index is 1100. The molecule has 0 bridgehead atoms. The number of rotatable bonds is 4. The Kier molecular flexibility index (Phi) is 5.23. The number of benzene rings is 1. The quantitative estimate of drug-likeness (QED) is 0.698. The van der Waals surface area contributed by atoms with Gasteiger partial charge < -0.3 is 15.0 Å². The lowest BCUT2D eigenvalue weighted by Gasteiger charge is -2.33. The van der Waals surface area contributed by atoms with Crippen LogP contribution in [0.4, 0.5) is 10.2 Å². The maximum atomic E-state index is 14.5. The van der Waals surface area contributed by atoms with Crippen LogP contribution in [0.25, 0.3) is 10.8 Å². The molecule has 160 valence electrons. The van der Waals surface area contributed by atoms with Gasteiger partial charge in [-0.05, 0) is 30.1 Å². The number of aromatic nitrogens is 3. The van der Waals surface area contributed by atoms with E-state index in [9.17, 15) is 9.18 Å². The average molecular weight is 421 g/mol. The molecular weight excluding hydrogens is 397 g/mol. The number of carbonyl (C=O) groups is 1. The van der Waals surface area contributed by atoms with Crippen molar-refractivity contribution in [2.75, 3.05) is 31.2 Å². The monoisotopic (exact) mass is 421 g/mol. The van der Waals surface area contributed by atoms with Gasteiger partial charge in [-0.2, -0.15) is 4.39 Å². The van der Waals surface area contributed by atoms with Crippen molar-refractivity contribution in [3.8, 4) is 0 Å². The second-order valence-electron chi connectivity index (χ2n) is 8.39. The Hall–Kier alpha value is -3.13. The summed E-state index contributed by atoms with van der Waals surface area (Å²) in [7, 11) is 0. The average Bonchev–Trinajstić information content (AvgIpc) is 3.15. The van der Waals surface area contributed by atoms with E-state index in [0.29, 0.717) is 31.9 Å². The molecule has 2 aromatic heterocycles. The van der Waals surface area contributed by atoms with Crippen molar-refractivity contribution in [1.82, 2.24) is 20.3 Å². The summed E-state index contributed by atoms with van der Waals surface area (Å²) in [5, 5.41) is 4.83. The second-order valence-corrected chi connectivity index (χ2v) is 8.39. The zero-order valence-electron chi connectivity index (χ0n) is 17.1. The highest BCUT2D eigenvalue weighted by Crippen LogP contribution is 2.44. The van der Waals surface area contributed by atoms with E-state index in [1.807, 2.05) is 29.2 Å². The molecule has 8 heteroatoms. The minimum atomic E-state index is -0.582. The Balaban J connectivity index is 1.38. The molecule has 1 atom stereocenters. The van der Waals surface area contributed by atoms with E-state index in [0.717, 1.165) is 30.0 Å². The fraction of sp³-hybridized carbons (Fsp3) is 0.391. The van der Waals surface area contributed by atoms with Crippen LogP contribution in [0.2, 0.25) is 0 Å². The van der Waals surface area contributed by atoms with Crippen molar-refractivity contribution in [2.45, 2.75) is 25.3 Å². The number of carbonyl (C=O) groups excluding carboxylic acids is 1. The first-order valence-corrected chi connectivity index (χ1v) is 10.6. The van der Waals surface area contributed by atoms with Gasteiger partial charge in [-0.25, -0.2) is 9.97 Å². The summed E-state index contributed by atoms with van der Waals surface area (Å²) in [6.45, 7) is 2.48. The highest BCUT2D eigenvalue weighted by Gasteiger charge is 2.46. The van der Waals surface area contributed by atoms with Gasteiger partial charge in [0.1, 0.15) is 0 Å². The lowest BCUT2D eigenvalue weighted by Crippen LogP contribution is -2.41. The highest BCUT2D eigenvalue weighted by molar-refractivity contribution is 6.06. The summed E-state index contributed by atoms with van der Waals surface area (Å²) in [4.78, 5) is 27.2. The lowest BCUT2D eigenvalue weighted by atomic mass is 9.78. The molecule has 1 amide bonds.